The molecule has 1 nitrogen and oxygen atoms in total. The third-order valence-electron chi connectivity index (χ3n) is 3.95. The summed E-state index contributed by atoms with van der Waals surface area (Å²) in [6.45, 7) is 0. The molecule has 0 radical (unpaired) electrons. The van der Waals surface area contributed by atoms with Gasteiger partial charge in [0, 0.05) is 5.92 Å². The summed E-state index contributed by atoms with van der Waals surface area (Å²) >= 11 is 0. The zero-order valence-corrected chi connectivity index (χ0v) is 12.3. The summed E-state index contributed by atoms with van der Waals surface area (Å²) in [4.78, 5) is 0. The summed E-state index contributed by atoms with van der Waals surface area (Å²) in [7, 11) is 0. The molecular formula is C21H17N. The van der Waals surface area contributed by atoms with Gasteiger partial charge in [-0.2, -0.15) is 5.26 Å². The normalized spacial score (nSPS) is 11.8. The average molecular weight is 283 g/mol. The summed E-state index contributed by atoms with van der Waals surface area (Å²) in [5.41, 5.74) is 3.40. The van der Waals surface area contributed by atoms with Crippen molar-refractivity contribution < 1.29 is 0 Å². The minimum atomic E-state index is -0.203. The lowest BCUT2D eigenvalue weighted by Gasteiger charge is -2.23. The topological polar surface area (TPSA) is 23.8 Å². The fourth-order valence-electron chi connectivity index (χ4n) is 2.90. The lowest BCUT2D eigenvalue weighted by Crippen LogP contribution is -2.11. The van der Waals surface area contributed by atoms with E-state index in [2.05, 4.69) is 30.3 Å². The highest BCUT2D eigenvalue weighted by Gasteiger charge is 2.26. The molecule has 0 amide bonds. The van der Waals surface area contributed by atoms with Crippen LogP contribution in [0.3, 0.4) is 0 Å². The zero-order chi connectivity index (χ0) is 15.2. The maximum atomic E-state index is 9.82. The maximum absolute atomic E-state index is 9.82. The first-order valence-electron chi connectivity index (χ1n) is 7.44. The first-order valence-corrected chi connectivity index (χ1v) is 7.44. The van der Waals surface area contributed by atoms with Gasteiger partial charge in [-0.15, -0.1) is 0 Å². The van der Waals surface area contributed by atoms with E-state index in [9.17, 15) is 5.26 Å². The smallest absolute Gasteiger partial charge is 0.0821 e. The molecule has 0 aliphatic rings. The fraction of sp³-hybridized carbons (Fsp3) is 0.0952. The molecule has 0 aliphatic carbocycles. The molecule has 1 atom stereocenters. The van der Waals surface area contributed by atoms with Crippen LogP contribution in [0.1, 0.15) is 28.5 Å². The molecular weight excluding hydrogens is 266 g/mol. The number of hydrogen-bond acceptors (Lipinski definition) is 1. The van der Waals surface area contributed by atoms with E-state index in [0.717, 1.165) is 5.56 Å². The molecule has 3 aromatic rings. The van der Waals surface area contributed by atoms with Crippen molar-refractivity contribution in [2.45, 2.75) is 11.8 Å². The summed E-state index contributed by atoms with van der Waals surface area (Å²) in [5.74, 6) is -0.166. The summed E-state index contributed by atoms with van der Waals surface area (Å²) < 4.78 is 0. The molecule has 0 aromatic heterocycles. The van der Waals surface area contributed by atoms with Crippen molar-refractivity contribution in [2.75, 3.05) is 0 Å². The first kappa shape index (κ1) is 14.1. The molecule has 0 spiro atoms. The molecule has 0 saturated heterocycles. The van der Waals surface area contributed by atoms with Gasteiger partial charge in [0.2, 0.25) is 0 Å². The molecule has 3 rings (SSSR count). The molecule has 0 fully saturated rings. The van der Waals surface area contributed by atoms with Gasteiger partial charge in [-0.3, -0.25) is 0 Å². The summed E-state index contributed by atoms with van der Waals surface area (Å²) in [6, 6.07) is 33.1. The molecule has 106 valence electrons. The van der Waals surface area contributed by atoms with E-state index < -0.39 is 0 Å². The van der Waals surface area contributed by atoms with E-state index in [-0.39, 0.29) is 11.8 Å². The van der Waals surface area contributed by atoms with Crippen molar-refractivity contribution >= 4 is 0 Å². The number of nitrogens with zero attached hydrogens (tertiary/aromatic N) is 1. The molecule has 1 heteroatoms. The van der Waals surface area contributed by atoms with Crippen LogP contribution in [0.25, 0.3) is 0 Å². The SMILES string of the molecule is N#CC(c1ccccc1)C(c1ccccc1)c1ccccc1. The Morgan fingerprint density at radius 2 is 0.909 bits per heavy atom. The van der Waals surface area contributed by atoms with E-state index in [1.54, 1.807) is 0 Å². The van der Waals surface area contributed by atoms with Crippen LogP contribution < -0.4 is 0 Å². The monoisotopic (exact) mass is 283 g/mol. The fourth-order valence-corrected chi connectivity index (χ4v) is 2.90. The molecule has 0 aliphatic heterocycles. The standard InChI is InChI=1S/C21H17N/c22-16-20(17-10-4-1-5-11-17)21(18-12-6-2-7-13-18)19-14-8-3-9-15-19/h1-15,20-21H. The van der Waals surface area contributed by atoms with E-state index >= 15 is 0 Å². The van der Waals surface area contributed by atoms with Crippen molar-refractivity contribution in [3.63, 3.8) is 0 Å². The van der Waals surface area contributed by atoms with E-state index in [1.165, 1.54) is 11.1 Å². The lowest BCUT2D eigenvalue weighted by atomic mass is 9.78. The van der Waals surface area contributed by atoms with Crippen molar-refractivity contribution in [3.05, 3.63) is 108 Å². The minimum Gasteiger partial charge on any atom is -0.198 e. The highest BCUT2D eigenvalue weighted by molar-refractivity contribution is 5.41. The number of rotatable bonds is 4. The summed E-state index contributed by atoms with van der Waals surface area (Å²) in [5, 5.41) is 9.82. The van der Waals surface area contributed by atoms with Gasteiger partial charge in [0.15, 0.2) is 0 Å². The molecule has 22 heavy (non-hydrogen) atoms. The molecule has 0 bridgehead atoms. The van der Waals surface area contributed by atoms with Gasteiger partial charge in [0.05, 0.1) is 12.0 Å². The third kappa shape index (κ3) is 2.92. The van der Waals surface area contributed by atoms with Crippen LogP contribution in [0.2, 0.25) is 0 Å². The van der Waals surface area contributed by atoms with Gasteiger partial charge >= 0.3 is 0 Å². The highest BCUT2D eigenvalue weighted by atomic mass is 14.3. The van der Waals surface area contributed by atoms with Gasteiger partial charge < -0.3 is 0 Å². The predicted octanol–water partition coefficient (Wildman–Crippen LogP) is 5.13. The van der Waals surface area contributed by atoms with Crippen molar-refractivity contribution in [1.29, 1.82) is 5.26 Å². The van der Waals surface area contributed by atoms with E-state index in [4.69, 9.17) is 0 Å². The van der Waals surface area contributed by atoms with Crippen LogP contribution in [0.15, 0.2) is 91.0 Å². The minimum absolute atomic E-state index is 0.0369. The van der Waals surface area contributed by atoms with E-state index in [0.29, 0.717) is 0 Å². The Bertz CT molecular complexity index is 703. The van der Waals surface area contributed by atoms with Crippen LogP contribution in [0.5, 0.6) is 0 Å². The number of benzene rings is 3. The van der Waals surface area contributed by atoms with E-state index in [1.807, 2.05) is 66.7 Å². The molecule has 3 aromatic carbocycles. The van der Waals surface area contributed by atoms with Gasteiger partial charge in [0.1, 0.15) is 0 Å². The second-order valence-corrected chi connectivity index (χ2v) is 5.32. The van der Waals surface area contributed by atoms with Gasteiger partial charge in [-0.1, -0.05) is 91.0 Å². The zero-order valence-electron chi connectivity index (χ0n) is 12.3. The largest absolute Gasteiger partial charge is 0.198 e. The number of hydrogen-bond donors (Lipinski definition) is 0. The Kier molecular flexibility index (Phi) is 4.32. The molecule has 1 unspecified atom stereocenters. The van der Waals surface area contributed by atoms with Crippen molar-refractivity contribution in [1.82, 2.24) is 0 Å². The van der Waals surface area contributed by atoms with Crippen LogP contribution >= 0.6 is 0 Å². The predicted molar refractivity (Wildman–Crippen MR) is 89.5 cm³/mol. The second kappa shape index (κ2) is 6.74. The quantitative estimate of drug-likeness (QED) is 0.651. The third-order valence-corrected chi connectivity index (χ3v) is 3.95. The van der Waals surface area contributed by atoms with Crippen molar-refractivity contribution in [2.24, 2.45) is 0 Å². The second-order valence-electron chi connectivity index (χ2n) is 5.32. The first-order chi connectivity index (χ1) is 10.9. The molecule has 0 N–H and O–H groups in total. The molecule has 0 saturated carbocycles. The maximum Gasteiger partial charge on any atom is 0.0821 e. The Morgan fingerprint density at radius 3 is 1.27 bits per heavy atom. The average Bonchev–Trinajstić information content (AvgIpc) is 2.62. The van der Waals surface area contributed by atoms with Crippen molar-refractivity contribution in [3.8, 4) is 6.07 Å². The van der Waals surface area contributed by atoms with Crippen LogP contribution in [0, 0.1) is 11.3 Å². The van der Waals surface area contributed by atoms with Crippen LogP contribution in [0.4, 0.5) is 0 Å². The summed E-state index contributed by atoms with van der Waals surface area (Å²) in [6.07, 6.45) is 0. The molecule has 0 heterocycles. The van der Waals surface area contributed by atoms with Crippen LogP contribution in [-0.2, 0) is 0 Å². The van der Waals surface area contributed by atoms with Gasteiger partial charge in [0.25, 0.3) is 0 Å². The van der Waals surface area contributed by atoms with Crippen LogP contribution in [-0.4, -0.2) is 0 Å². The Labute approximate surface area is 131 Å². The Hall–Kier alpha value is -2.85. The van der Waals surface area contributed by atoms with Gasteiger partial charge in [-0.25, -0.2) is 0 Å². The Balaban J connectivity index is 2.11. The highest BCUT2D eigenvalue weighted by Crippen LogP contribution is 2.37. The lowest BCUT2D eigenvalue weighted by molar-refractivity contribution is 0.726. The van der Waals surface area contributed by atoms with Gasteiger partial charge in [-0.05, 0) is 16.7 Å². The Morgan fingerprint density at radius 1 is 0.545 bits per heavy atom. The number of nitriles is 1.